The van der Waals surface area contributed by atoms with Crippen molar-refractivity contribution in [1.82, 2.24) is 4.90 Å². The van der Waals surface area contributed by atoms with Crippen LogP contribution in [-0.2, 0) is 0 Å². The van der Waals surface area contributed by atoms with Crippen LogP contribution in [0.5, 0.6) is 0 Å². The van der Waals surface area contributed by atoms with Gasteiger partial charge in [0.15, 0.2) is 0 Å². The Hall–Kier alpha value is -0.120. The maximum absolute atomic E-state index is 8.97. The van der Waals surface area contributed by atoms with Crippen molar-refractivity contribution in [2.24, 2.45) is 5.73 Å². The molecule has 0 aromatic carbocycles. The van der Waals surface area contributed by atoms with Gasteiger partial charge >= 0.3 is 0 Å². The Morgan fingerprint density at radius 2 is 1.26 bits per heavy atom. The van der Waals surface area contributed by atoms with E-state index in [-0.39, 0.29) is 6.10 Å². The fraction of sp³-hybridized carbons (Fsp3) is 1.00. The zero-order valence-electron chi connectivity index (χ0n) is 14.0. The summed E-state index contributed by atoms with van der Waals surface area (Å²) in [6, 6.07) is 0.360. The molecule has 0 radical (unpaired) electrons. The van der Waals surface area contributed by atoms with Gasteiger partial charge in [-0.1, -0.05) is 34.1 Å². The summed E-state index contributed by atoms with van der Waals surface area (Å²) in [5.41, 5.74) is 5.59. The number of hydrogen-bond donors (Lipinski definition) is 2. The number of hydrogen-bond acceptors (Lipinski definition) is 3. The molecular weight excluding hydrogens is 236 g/mol. The minimum Gasteiger partial charge on any atom is -0.393 e. The summed E-state index contributed by atoms with van der Waals surface area (Å²) in [5, 5.41) is 8.97. The maximum atomic E-state index is 8.97. The number of nitrogens with two attached hydrogens (primary N) is 1. The SMILES string of the molecule is CC.CC.CN1CCCCC1.NC1CCC(O)CC1. The second-order valence-corrected chi connectivity index (χ2v) is 4.93. The van der Waals surface area contributed by atoms with Crippen molar-refractivity contribution in [2.45, 2.75) is 84.8 Å². The maximum Gasteiger partial charge on any atom is 0.0541 e. The van der Waals surface area contributed by atoms with Crippen molar-refractivity contribution in [1.29, 1.82) is 0 Å². The number of nitrogens with zero attached hydrogens (tertiary/aromatic N) is 1. The third-order valence-electron chi connectivity index (χ3n) is 3.32. The highest BCUT2D eigenvalue weighted by atomic mass is 16.3. The second kappa shape index (κ2) is 15.9. The lowest BCUT2D eigenvalue weighted by atomic mass is 9.94. The summed E-state index contributed by atoms with van der Waals surface area (Å²) in [6.07, 6.45) is 8.02. The van der Waals surface area contributed by atoms with Gasteiger partial charge in [0, 0.05) is 6.04 Å². The summed E-state index contributed by atoms with van der Waals surface area (Å²) in [7, 11) is 2.19. The normalized spacial score (nSPS) is 26.7. The lowest BCUT2D eigenvalue weighted by Gasteiger charge is -2.21. The Morgan fingerprint density at radius 1 is 0.842 bits per heavy atom. The average molecular weight is 274 g/mol. The molecule has 2 fully saturated rings. The van der Waals surface area contributed by atoms with Crippen LogP contribution in [0.25, 0.3) is 0 Å². The van der Waals surface area contributed by atoms with Crippen LogP contribution < -0.4 is 5.73 Å². The number of likely N-dealkylation sites (tertiary alicyclic amines) is 1. The molecular formula is C16H38N2O. The highest BCUT2D eigenvalue weighted by Gasteiger charge is 2.14. The van der Waals surface area contributed by atoms with Gasteiger partial charge in [-0.15, -0.1) is 0 Å². The van der Waals surface area contributed by atoms with Crippen molar-refractivity contribution in [3.05, 3.63) is 0 Å². The van der Waals surface area contributed by atoms with E-state index in [9.17, 15) is 0 Å². The molecule has 1 aliphatic heterocycles. The van der Waals surface area contributed by atoms with Crippen molar-refractivity contribution >= 4 is 0 Å². The molecule has 0 spiro atoms. The molecule has 1 aliphatic carbocycles. The van der Waals surface area contributed by atoms with Crippen LogP contribution in [0.1, 0.15) is 72.6 Å². The predicted octanol–water partition coefficient (Wildman–Crippen LogP) is 3.40. The van der Waals surface area contributed by atoms with Crippen LogP contribution in [0.15, 0.2) is 0 Å². The second-order valence-electron chi connectivity index (χ2n) is 4.93. The number of aliphatic hydroxyl groups excluding tert-OH is 1. The highest BCUT2D eigenvalue weighted by molar-refractivity contribution is 4.72. The number of aliphatic hydroxyl groups is 1. The Balaban J connectivity index is 0. The highest BCUT2D eigenvalue weighted by Crippen LogP contribution is 2.15. The van der Waals surface area contributed by atoms with Gasteiger partial charge in [-0.05, 0) is 58.7 Å². The fourth-order valence-electron chi connectivity index (χ4n) is 2.15. The van der Waals surface area contributed by atoms with Crippen LogP contribution in [0.4, 0.5) is 0 Å². The van der Waals surface area contributed by atoms with E-state index in [1.807, 2.05) is 27.7 Å². The zero-order valence-corrected chi connectivity index (χ0v) is 14.0. The largest absolute Gasteiger partial charge is 0.393 e. The molecule has 1 saturated carbocycles. The van der Waals surface area contributed by atoms with Crippen molar-refractivity contribution in [3.8, 4) is 0 Å². The molecule has 0 bridgehead atoms. The minimum absolute atomic E-state index is 0.0604. The molecule has 1 heterocycles. The molecule has 0 unspecified atom stereocenters. The van der Waals surface area contributed by atoms with Crippen LogP contribution in [0.2, 0.25) is 0 Å². The van der Waals surface area contributed by atoms with Crippen LogP contribution in [0, 0.1) is 0 Å². The molecule has 3 heteroatoms. The van der Waals surface area contributed by atoms with Gasteiger partial charge in [0.1, 0.15) is 0 Å². The molecule has 1 saturated heterocycles. The molecule has 118 valence electrons. The first-order valence-corrected chi connectivity index (χ1v) is 8.30. The lowest BCUT2D eigenvalue weighted by molar-refractivity contribution is 0.123. The smallest absolute Gasteiger partial charge is 0.0541 e. The lowest BCUT2D eigenvalue weighted by Crippen LogP contribution is -2.28. The molecule has 0 amide bonds. The van der Waals surface area contributed by atoms with Crippen molar-refractivity contribution in [3.63, 3.8) is 0 Å². The van der Waals surface area contributed by atoms with Gasteiger partial charge < -0.3 is 15.7 Å². The zero-order chi connectivity index (χ0) is 15.1. The van der Waals surface area contributed by atoms with Crippen LogP contribution in [-0.4, -0.2) is 42.3 Å². The standard InChI is InChI=1S/C6H13NO.C6H13N.2C2H6/c7-5-1-3-6(8)4-2-5;1-7-5-3-2-4-6-7;2*1-2/h5-6,8H,1-4,7H2;2-6H2,1H3;2*1-2H3. The van der Waals surface area contributed by atoms with E-state index < -0.39 is 0 Å². The number of rotatable bonds is 0. The molecule has 3 nitrogen and oxygen atoms in total. The monoisotopic (exact) mass is 274 g/mol. The quantitative estimate of drug-likeness (QED) is 0.712. The Labute approximate surface area is 121 Å². The predicted molar refractivity (Wildman–Crippen MR) is 86.5 cm³/mol. The molecule has 2 rings (SSSR count). The van der Waals surface area contributed by atoms with Gasteiger partial charge in [0.2, 0.25) is 0 Å². The van der Waals surface area contributed by atoms with E-state index >= 15 is 0 Å². The third kappa shape index (κ3) is 14.1. The van der Waals surface area contributed by atoms with Gasteiger partial charge in [-0.2, -0.15) is 0 Å². The van der Waals surface area contributed by atoms with E-state index in [4.69, 9.17) is 10.8 Å². The van der Waals surface area contributed by atoms with Gasteiger partial charge in [-0.25, -0.2) is 0 Å². The minimum atomic E-state index is -0.0604. The molecule has 0 aromatic heterocycles. The molecule has 0 aromatic rings. The first-order valence-electron chi connectivity index (χ1n) is 8.30. The summed E-state index contributed by atoms with van der Waals surface area (Å²) in [4.78, 5) is 2.39. The fourth-order valence-corrected chi connectivity index (χ4v) is 2.15. The average Bonchev–Trinajstić information content (AvgIpc) is 2.48. The Bertz CT molecular complexity index is 141. The molecule has 19 heavy (non-hydrogen) atoms. The first kappa shape index (κ1) is 21.2. The topological polar surface area (TPSA) is 49.5 Å². The third-order valence-corrected chi connectivity index (χ3v) is 3.32. The van der Waals surface area contributed by atoms with Crippen LogP contribution in [0.3, 0.4) is 0 Å². The number of piperidine rings is 1. The van der Waals surface area contributed by atoms with Gasteiger partial charge in [0.25, 0.3) is 0 Å². The van der Waals surface area contributed by atoms with E-state index in [1.165, 1.54) is 32.4 Å². The summed E-state index contributed by atoms with van der Waals surface area (Å²) in [5.74, 6) is 0. The Kier molecular flexibility index (Phi) is 17.8. The van der Waals surface area contributed by atoms with E-state index in [1.54, 1.807) is 0 Å². The summed E-state index contributed by atoms with van der Waals surface area (Å²) < 4.78 is 0. The van der Waals surface area contributed by atoms with Crippen LogP contribution >= 0.6 is 0 Å². The Morgan fingerprint density at radius 3 is 1.53 bits per heavy atom. The van der Waals surface area contributed by atoms with Gasteiger partial charge in [-0.3, -0.25) is 0 Å². The molecule has 2 aliphatic rings. The molecule has 3 N–H and O–H groups in total. The van der Waals surface area contributed by atoms with E-state index in [0.717, 1.165) is 25.7 Å². The van der Waals surface area contributed by atoms with Crippen molar-refractivity contribution < 1.29 is 5.11 Å². The van der Waals surface area contributed by atoms with E-state index in [0.29, 0.717) is 6.04 Å². The van der Waals surface area contributed by atoms with Gasteiger partial charge in [0.05, 0.1) is 6.10 Å². The first-order chi connectivity index (χ1) is 9.18. The summed E-state index contributed by atoms with van der Waals surface area (Å²) >= 11 is 0. The molecule has 0 atom stereocenters. The van der Waals surface area contributed by atoms with Crippen molar-refractivity contribution in [2.75, 3.05) is 20.1 Å². The summed E-state index contributed by atoms with van der Waals surface area (Å²) in [6.45, 7) is 10.6. The van der Waals surface area contributed by atoms with E-state index in [2.05, 4.69) is 11.9 Å².